The molecule has 3 N–H and O–H groups in total. The maximum Gasteiger partial charge on any atom is 0.284 e. The molecule has 9 rings (SSSR count). The minimum absolute atomic E-state index is 0.0679. The molecule has 1 saturated carbocycles. The molecule has 3 aromatic heterocycles. The number of unbranched alkanes of at least 4 members (excludes halogenated alkanes) is 1. The van der Waals surface area contributed by atoms with Crippen molar-refractivity contribution in [2.45, 2.75) is 57.4 Å². The molecule has 0 bridgehead atoms. The Hall–Kier alpha value is -6.90. The van der Waals surface area contributed by atoms with Crippen LogP contribution in [0.5, 0.6) is 0 Å². The van der Waals surface area contributed by atoms with Crippen LogP contribution in [0.2, 0.25) is 0 Å². The number of alkyl halides is 2. The lowest BCUT2D eigenvalue weighted by molar-refractivity contribution is -0.136. The summed E-state index contributed by atoms with van der Waals surface area (Å²) in [6.45, 7) is 6.82. The van der Waals surface area contributed by atoms with Gasteiger partial charge in [-0.1, -0.05) is 12.1 Å². The zero-order valence-electron chi connectivity index (χ0n) is 37.3. The molecular weight excluding hydrogens is 883 g/mol. The van der Waals surface area contributed by atoms with Crippen LogP contribution < -0.4 is 20.9 Å². The summed E-state index contributed by atoms with van der Waals surface area (Å²) < 4.78 is 46.6. The van der Waals surface area contributed by atoms with Gasteiger partial charge < -0.3 is 29.4 Å². The number of benzene rings is 2. The number of carbonyl (C=O) groups excluding carboxylic acids is 5. The number of anilines is 3. The molecule has 356 valence electrons. The highest BCUT2D eigenvalue weighted by atomic mass is 19.3. The standard InChI is InChI=1S/C48H52F2N10O8/c49-43(50)42-37(53-44(62)38-29-68-46(54-38)32-14-15-51-40(25-32)52-27-31-4-5-31)28-59(56-42)33-8-6-30(7-9-33)3-1-2-21-66-23-24-67-22-20-57-16-18-58(19-17-57)34-10-11-35-36(26-34)48(65)60(47(35)64)39-12-13-41(61)55-45(39)63/h6-11,14-15,25-26,28-29,31,39,43H,1-5,12-13,16-24,27H2,(H,51,52)(H,53,62)(H,55,61,63). The van der Waals surface area contributed by atoms with Crippen LogP contribution in [-0.4, -0.2) is 131 Å². The van der Waals surface area contributed by atoms with Crippen LogP contribution in [0.3, 0.4) is 0 Å². The molecular formula is C48H52F2N10O8. The van der Waals surface area contributed by atoms with Crippen molar-refractivity contribution in [3.63, 3.8) is 0 Å². The summed E-state index contributed by atoms with van der Waals surface area (Å²) in [6, 6.07) is 15.1. The Morgan fingerprint density at radius 1 is 0.868 bits per heavy atom. The number of ether oxygens (including phenoxy) is 2. The third-order valence-electron chi connectivity index (χ3n) is 12.5. The first-order valence-corrected chi connectivity index (χ1v) is 23.0. The summed E-state index contributed by atoms with van der Waals surface area (Å²) in [5, 5.41) is 12.1. The van der Waals surface area contributed by atoms with Gasteiger partial charge in [-0.05, 0) is 92.5 Å². The molecule has 0 radical (unpaired) electrons. The molecule has 1 unspecified atom stereocenters. The number of nitrogens with one attached hydrogen (secondary N) is 3. The number of hydrogen-bond acceptors (Lipinski definition) is 14. The van der Waals surface area contributed by atoms with Crippen LogP contribution in [0.1, 0.15) is 87.4 Å². The minimum atomic E-state index is -2.93. The van der Waals surface area contributed by atoms with E-state index in [0.717, 1.165) is 74.7 Å². The highest BCUT2D eigenvalue weighted by Crippen LogP contribution is 2.33. The molecule has 2 saturated heterocycles. The molecule has 6 heterocycles. The number of halogens is 2. The molecule has 20 heteroatoms. The third kappa shape index (κ3) is 10.9. The van der Waals surface area contributed by atoms with Crippen LogP contribution in [0.15, 0.2) is 77.7 Å². The van der Waals surface area contributed by atoms with Crippen molar-refractivity contribution in [1.29, 1.82) is 0 Å². The minimum Gasteiger partial charge on any atom is -0.444 e. The van der Waals surface area contributed by atoms with Crippen molar-refractivity contribution in [3.8, 4) is 17.1 Å². The van der Waals surface area contributed by atoms with Gasteiger partial charge in [-0.25, -0.2) is 23.4 Å². The smallest absolute Gasteiger partial charge is 0.284 e. The zero-order chi connectivity index (χ0) is 47.1. The van der Waals surface area contributed by atoms with Gasteiger partial charge in [-0.15, -0.1) is 0 Å². The van der Waals surface area contributed by atoms with E-state index in [4.69, 9.17) is 13.9 Å². The van der Waals surface area contributed by atoms with Crippen LogP contribution in [-0.2, 0) is 25.5 Å². The number of oxazole rings is 1. The van der Waals surface area contributed by atoms with Gasteiger partial charge in [0.05, 0.1) is 48.5 Å². The summed E-state index contributed by atoms with van der Waals surface area (Å²) in [5.74, 6) is -1.23. The van der Waals surface area contributed by atoms with Crippen molar-refractivity contribution >= 4 is 46.7 Å². The molecule has 5 aromatic rings. The lowest BCUT2D eigenvalue weighted by Gasteiger charge is -2.36. The highest BCUT2D eigenvalue weighted by Gasteiger charge is 2.45. The topological polar surface area (TPSA) is 206 Å². The number of hydrogen-bond donors (Lipinski definition) is 3. The summed E-state index contributed by atoms with van der Waals surface area (Å²) in [5.41, 5.74) is 2.88. The van der Waals surface area contributed by atoms with Crippen molar-refractivity contribution in [2.24, 2.45) is 5.92 Å². The summed E-state index contributed by atoms with van der Waals surface area (Å²) >= 11 is 0. The van der Waals surface area contributed by atoms with E-state index >= 15 is 0 Å². The number of carbonyl (C=O) groups is 5. The average Bonchev–Trinajstić information content (AvgIpc) is 3.76. The fourth-order valence-corrected chi connectivity index (χ4v) is 8.45. The number of pyridine rings is 1. The van der Waals surface area contributed by atoms with E-state index in [0.29, 0.717) is 49.4 Å². The largest absolute Gasteiger partial charge is 0.444 e. The summed E-state index contributed by atoms with van der Waals surface area (Å²) in [4.78, 5) is 77.5. The van der Waals surface area contributed by atoms with Crippen LogP contribution in [0, 0.1) is 5.92 Å². The number of piperazine rings is 1. The number of aromatic nitrogens is 4. The van der Waals surface area contributed by atoms with Gasteiger partial charge in [0, 0.05) is 69.7 Å². The van der Waals surface area contributed by atoms with Gasteiger partial charge in [0.2, 0.25) is 17.7 Å². The number of aryl methyl sites for hydroxylation is 1. The van der Waals surface area contributed by atoms with Gasteiger partial charge in [0.15, 0.2) is 11.4 Å². The number of nitrogens with zero attached hydrogens (tertiary/aromatic N) is 7. The first kappa shape index (κ1) is 46.2. The molecule has 3 aliphatic heterocycles. The fraction of sp³-hybridized carbons (Fsp3) is 0.417. The lowest BCUT2D eigenvalue weighted by atomic mass is 10.0. The number of amides is 5. The Balaban J connectivity index is 0.643. The first-order chi connectivity index (χ1) is 33.1. The van der Waals surface area contributed by atoms with Gasteiger partial charge >= 0.3 is 0 Å². The molecule has 1 atom stereocenters. The molecule has 0 spiro atoms. The Bertz CT molecular complexity index is 2640. The number of fused-ring (bicyclic) bond motifs is 1. The van der Waals surface area contributed by atoms with E-state index < -0.39 is 47.7 Å². The van der Waals surface area contributed by atoms with Gasteiger partial charge in [0.25, 0.3) is 24.1 Å². The van der Waals surface area contributed by atoms with Crippen molar-refractivity contribution in [1.82, 2.24) is 34.9 Å². The van der Waals surface area contributed by atoms with E-state index in [1.54, 1.807) is 42.6 Å². The number of imide groups is 2. The predicted octanol–water partition coefficient (Wildman–Crippen LogP) is 5.51. The van der Waals surface area contributed by atoms with Gasteiger partial charge in [0.1, 0.15) is 18.1 Å². The maximum atomic E-state index is 14.1. The maximum absolute atomic E-state index is 14.1. The van der Waals surface area contributed by atoms with E-state index in [1.165, 1.54) is 30.0 Å². The van der Waals surface area contributed by atoms with E-state index in [2.05, 4.69) is 40.8 Å². The Labute approximate surface area is 390 Å². The average molecular weight is 935 g/mol. The van der Waals surface area contributed by atoms with Crippen molar-refractivity contribution in [2.75, 3.05) is 81.2 Å². The lowest BCUT2D eigenvalue weighted by Crippen LogP contribution is -2.54. The number of piperidine rings is 1. The second-order valence-electron chi connectivity index (χ2n) is 17.3. The SMILES string of the molecule is O=C1CCC(N2C(=O)c3ccc(N4CCN(CCOCCOCCCCc5ccc(-n6cc(NC(=O)c7coc(-c8ccnc(NCC9CC9)c8)n7)c(C(F)F)n6)cc5)CC4)cc3C2=O)C(=O)N1. The summed E-state index contributed by atoms with van der Waals surface area (Å²) in [6.07, 6.45) is 6.38. The monoisotopic (exact) mass is 934 g/mol. The second kappa shape index (κ2) is 20.9. The number of rotatable bonds is 21. The quantitative estimate of drug-likeness (QED) is 0.0613. The Morgan fingerprint density at radius 2 is 1.63 bits per heavy atom. The molecule has 5 amide bonds. The normalized spacial score (nSPS) is 17.5. The van der Waals surface area contributed by atoms with Crippen LogP contribution in [0.4, 0.5) is 26.0 Å². The Morgan fingerprint density at radius 3 is 2.40 bits per heavy atom. The van der Waals surface area contributed by atoms with Crippen molar-refractivity contribution in [3.05, 3.63) is 101 Å². The zero-order valence-corrected chi connectivity index (χ0v) is 37.3. The molecule has 2 aromatic carbocycles. The predicted molar refractivity (Wildman–Crippen MR) is 244 cm³/mol. The van der Waals surface area contributed by atoms with Gasteiger partial charge in [-0.2, -0.15) is 5.10 Å². The van der Waals surface area contributed by atoms with Crippen LogP contribution in [0.25, 0.3) is 17.1 Å². The summed E-state index contributed by atoms with van der Waals surface area (Å²) in [7, 11) is 0. The molecule has 3 fully saturated rings. The molecule has 1 aliphatic carbocycles. The molecule has 68 heavy (non-hydrogen) atoms. The molecule has 4 aliphatic rings. The van der Waals surface area contributed by atoms with Gasteiger partial charge in [-0.3, -0.25) is 39.1 Å². The highest BCUT2D eigenvalue weighted by molar-refractivity contribution is 6.23. The van der Waals surface area contributed by atoms with Crippen molar-refractivity contribution < 1.29 is 46.6 Å². The first-order valence-electron chi connectivity index (χ1n) is 23.0. The Kier molecular flexibility index (Phi) is 14.2. The second-order valence-corrected chi connectivity index (χ2v) is 17.3. The molecule has 18 nitrogen and oxygen atoms in total. The van der Waals surface area contributed by atoms with Crippen LogP contribution >= 0.6 is 0 Å². The fourth-order valence-electron chi connectivity index (χ4n) is 8.45. The third-order valence-corrected chi connectivity index (χ3v) is 12.5. The van der Waals surface area contributed by atoms with E-state index in [1.807, 2.05) is 18.2 Å². The van der Waals surface area contributed by atoms with E-state index in [-0.39, 0.29) is 41.2 Å². The van der Waals surface area contributed by atoms with E-state index in [9.17, 15) is 32.8 Å².